The summed E-state index contributed by atoms with van der Waals surface area (Å²) in [7, 11) is -3.83. The normalized spacial score (nSPS) is 41.2. The Morgan fingerprint density at radius 1 is 0.900 bits per heavy atom. The molecular weight excluding hydrogens is 528 g/mol. The fourth-order valence-corrected chi connectivity index (χ4v) is 10.4. The van der Waals surface area contributed by atoms with Crippen LogP contribution in [-0.2, 0) is 19.0 Å². The summed E-state index contributed by atoms with van der Waals surface area (Å²) in [6.07, 6.45) is 10.8. The van der Waals surface area contributed by atoms with Gasteiger partial charge in [0.05, 0.1) is 47.9 Å². The van der Waals surface area contributed by atoms with E-state index in [0.717, 1.165) is 50.5 Å². The molecule has 0 amide bonds. The highest BCUT2D eigenvalue weighted by Gasteiger charge is 2.70. The molecule has 1 aromatic heterocycles. The standard InChI is InChI=1S/C32H44O7S/c1-22-4-6-25(7-5-22)40(35,36)39-19-18-38-24-8-13-29(2)27-9-14-30(3)26(23-12-17-37-21-23)11-16-32(30,34)28(27)10-15-31(29,33)20-24/h4-7,12,17,21,24,26-28,33-34H,8-11,13-16,18-20H2,1-3H3/t24?,26?,27-,28-,29-,30-,31?,32-/m1/s1. The monoisotopic (exact) mass is 572 g/mol. The van der Waals surface area contributed by atoms with Crippen molar-refractivity contribution in [1.29, 1.82) is 0 Å². The number of hydrogen-bond acceptors (Lipinski definition) is 7. The molecule has 6 rings (SSSR count). The smallest absolute Gasteiger partial charge is 0.297 e. The minimum atomic E-state index is -3.83. The van der Waals surface area contributed by atoms with Crippen molar-refractivity contribution in [2.24, 2.45) is 22.7 Å². The van der Waals surface area contributed by atoms with E-state index in [1.54, 1.807) is 30.5 Å². The molecule has 1 heterocycles. The van der Waals surface area contributed by atoms with E-state index in [2.05, 4.69) is 19.9 Å². The van der Waals surface area contributed by atoms with E-state index in [1.807, 2.05) is 13.2 Å². The van der Waals surface area contributed by atoms with Gasteiger partial charge in [-0.25, -0.2) is 0 Å². The lowest BCUT2D eigenvalue weighted by Gasteiger charge is -2.66. The summed E-state index contributed by atoms with van der Waals surface area (Å²) < 4.78 is 41.7. The average Bonchev–Trinajstić information content (AvgIpc) is 3.53. The first-order chi connectivity index (χ1) is 18.9. The SMILES string of the molecule is Cc1ccc(S(=O)(=O)OCCOC2CC[C@]3(C)[C@@H]4CC[C@]5(C)C(c6ccoc6)CC[C@@]5(O)[C@@H]4CCC3(O)C2)cc1. The maximum absolute atomic E-state index is 12.5. The van der Waals surface area contributed by atoms with Crippen molar-refractivity contribution in [3.63, 3.8) is 0 Å². The van der Waals surface area contributed by atoms with Crippen molar-refractivity contribution in [2.75, 3.05) is 13.2 Å². The minimum absolute atomic E-state index is 0.0590. The third kappa shape index (κ3) is 4.32. The van der Waals surface area contributed by atoms with Crippen LogP contribution in [0.5, 0.6) is 0 Å². The van der Waals surface area contributed by atoms with Gasteiger partial charge in [-0.15, -0.1) is 0 Å². The number of aliphatic hydroxyl groups is 2. The number of fused-ring (bicyclic) bond motifs is 5. The fourth-order valence-electron chi connectivity index (χ4n) is 9.46. The van der Waals surface area contributed by atoms with Crippen molar-refractivity contribution >= 4 is 10.1 Å². The van der Waals surface area contributed by atoms with Gasteiger partial charge in [0.1, 0.15) is 0 Å². The zero-order valence-corrected chi connectivity index (χ0v) is 24.8. The molecule has 0 bridgehead atoms. The molecule has 2 N–H and O–H groups in total. The Hall–Kier alpha value is -1.71. The van der Waals surface area contributed by atoms with Crippen LogP contribution in [0.15, 0.2) is 52.2 Å². The van der Waals surface area contributed by atoms with Gasteiger partial charge in [0, 0.05) is 11.8 Å². The predicted octanol–water partition coefficient (Wildman–Crippen LogP) is 5.73. The van der Waals surface area contributed by atoms with Crippen molar-refractivity contribution in [3.05, 3.63) is 54.0 Å². The molecule has 2 aromatic rings. The Morgan fingerprint density at radius 3 is 2.35 bits per heavy atom. The summed E-state index contributed by atoms with van der Waals surface area (Å²) in [6.45, 7) is 6.52. The number of hydrogen-bond donors (Lipinski definition) is 2. The Balaban J connectivity index is 1.09. The van der Waals surface area contributed by atoms with Crippen LogP contribution in [0.1, 0.15) is 88.7 Å². The van der Waals surface area contributed by atoms with Crippen LogP contribution in [-0.4, -0.2) is 49.2 Å². The highest BCUT2D eigenvalue weighted by molar-refractivity contribution is 7.86. The van der Waals surface area contributed by atoms with E-state index in [0.29, 0.717) is 18.8 Å². The molecule has 1 aromatic carbocycles. The fraction of sp³-hybridized carbons (Fsp3) is 0.688. The van der Waals surface area contributed by atoms with Crippen LogP contribution in [0, 0.1) is 29.6 Å². The summed E-state index contributed by atoms with van der Waals surface area (Å²) in [6, 6.07) is 8.65. The molecule has 220 valence electrons. The van der Waals surface area contributed by atoms with Gasteiger partial charge < -0.3 is 19.4 Å². The molecule has 8 atom stereocenters. The van der Waals surface area contributed by atoms with Gasteiger partial charge in [-0.2, -0.15) is 8.42 Å². The molecule has 0 saturated heterocycles. The summed E-state index contributed by atoms with van der Waals surface area (Å²) in [5, 5.41) is 24.5. The van der Waals surface area contributed by atoms with Crippen LogP contribution < -0.4 is 0 Å². The van der Waals surface area contributed by atoms with E-state index in [9.17, 15) is 18.6 Å². The summed E-state index contributed by atoms with van der Waals surface area (Å²) in [5.41, 5.74) is 0.101. The number of benzene rings is 1. The van der Waals surface area contributed by atoms with Crippen LogP contribution in [0.25, 0.3) is 0 Å². The van der Waals surface area contributed by atoms with Gasteiger partial charge in [-0.05, 0) is 105 Å². The predicted molar refractivity (Wildman–Crippen MR) is 150 cm³/mol. The van der Waals surface area contributed by atoms with E-state index in [-0.39, 0.29) is 46.9 Å². The van der Waals surface area contributed by atoms with Crippen molar-refractivity contribution in [1.82, 2.24) is 0 Å². The molecule has 0 aliphatic heterocycles. The van der Waals surface area contributed by atoms with Crippen LogP contribution in [0.3, 0.4) is 0 Å². The molecule has 40 heavy (non-hydrogen) atoms. The number of ether oxygens (including phenoxy) is 1. The summed E-state index contributed by atoms with van der Waals surface area (Å²) in [4.78, 5) is 0.140. The van der Waals surface area contributed by atoms with Crippen molar-refractivity contribution in [2.45, 2.75) is 107 Å². The topological polar surface area (TPSA) is 106 Å². The Morgan fingerprint density at radius 2 is 1.62 bits per heavy atom. The van der Waals surface area contributed by atoms with E-state index < -0.39 is 21.3 Å². The van der Waals surface area contributed by atoms with Gasteiger partial charge in [-0.1, -0.05) is 31.5 Å². The zero-order valence-electron chi connectivity index (χ0n) is 24.0. The lowest BCUT2D eigenvalue weighted by atomic mass is 9.42. The lowest BCUT2D eigenvalue weighted by molar-refractivity contribution is -0.256. The Kier molecular flexibility index (Phi) is 7.06. The van der Waals surface area contributed by atoms with E-state index in [4.69, 9.17) is 13.3 Å². The Labute approximate surface area is 238 Å². The summed E-state index contributed by atoms with van der Waals surface area (Å²) >= 11 is 0. The van der Waals surface area contributed by atoms with E-state index in [1.165, 1.54) is 5.56 Å². The quantitative estimate of drug-likeness (QED) is 0.322. The molecule has 4 aliphatic carbocycles. The zero-order chi connectivity index (χ0) is 28.4. The maximum Gasteiger partial charge on any atom is 0.297 e. The third-order valence-electron chi connectivity index (χ3n) is 11.9. The lowest BCUT2D eigenvalue weighted by Crippen LogP contribution is -2.67. The first kappa shape index (κ1) is 28.4. The minimum Gasteiger partial charge on any atom is -0.472 e. The van der Waals surface area contributed by atoms with Crippen LogP contribution in [0.4, 0.5) is 0 Å². The van der Waals surface area contributed by atoms with Crippen molar-refractivity contribution < 1.29 is 32.0 Å². The number of aryl methyl sites for hydroxylation is 1. The largest absolute Gasteiger partial charge is 0.472 e. The molecule has 0 spiro atoms. The van der Waals surface area contributed by atoms with Gasteiger partial charge in [0.15, 0.2) is 0 Å². The number of furan rings is 1. The average molecular weight is 573 g/mol. The molecule has 4 saturated carbocycles. The molecule has 0 radical (unpaired) electrons. The van der Waals surface area contributed by atoms with Gasteiger partial charge in [0.2, 0.25) is 0 Å². The number of rotatable bonds is 7. The molecular formula is C32H44O7S. The van der Waals surface area contributed by atoms with Gasteiger partial charge in [0.25, 0.3) is 10.1 Å². The second kappa shape index (κ2) is 9.94. The maximum atomic E-state index is 12.5. The summed E-state index contributed by atoms with van der Waals surface area (Å²) in [5.74, 6) is 0.731. The molecule has 8 heteroatoms. The molecule has 3 unspecified atom stereocenters. The highest BCUT2D eigenvalue weighted by atomic mass is 32.2. The first-order valence-electron chi connectivity index (χ1n) is 15.0. The van der Waals surface area contributed by atoms with Crippen LogP contribution in [0.2, 0.25) is 0 Å². The van der Waals surface area contributed by atoms with Gasteiger partial charge >= 0.3 is 0 Å². The van der Waals surface area contributed by atoms with E-state index >= 15 is 0 Å². The molecule has 7 nitrogen and oxygen atoms in total. The van der Waals surface area contributed by atoms with Crippen molar-refractivity contribution in [3.8, 4) is 0 Å². The second-order valence-corrected chi connectivity index (χ2v) is 15.2. The molecule has 4 aliphatic rings. The second-order valence-electron chi connectivity index (χ2n) is 13.6. The first-order valence-corrected chi connectivity index (χ1v) is 16.4. The third-order valence-corrected chi connectivity index (χ3v) is 13.2. The van der Waals surface area contributed by atoms with Crippen LogP contribution >= 0.6 is 0 Å². The highest BCUT2D eigenvalue weighted by Crippen LogP contribution is 2.71. The Bertz CT molecular complexity index is 1310. The molecule has 4 fully saturated rings. The van der Waals surface area contributed by atoms with Gasteiger partial charge in [-0.3, -0.25) is 4.18 Å².